The summed E-state index contributed by atoms with van der Waals surface area (Å²) in [5.74, 6) is -0.0222. The molecule has 0 spiro atoms. The van der Waals surface area contributed by atoms with Crippen molar-refractivity contribution in [3.8, 4) is 5.75 Å². The number of para-hydroxylation sites is 1. The molecule has 0 bridgehead atoms. The standard InChI is InChI=1S/C13H19ClFNO2/c1-9(2)6-16-7-10(17)8-18-13-11(14)4-3-5-12(13)15/h3-5,9-10,16-17H,6-8H2,1-2H3. The van der Waals surface area contributed by atoms with Gasteiger partial charge in [0.25, 0.3) is 0 Å². The zero-order valence-electron chi connectivity index (χ0n) is 10.6. The minimum absolute atomic E-state index is 0.00570. The predicted molar refractivity (Wildman–Crippen MR) is 70.6 cm³/mol. The van der Waals surface area contributed by atoms with E-state index in [1.54, 1.807) is 6.07 Å². The van der Waals surface area contributed by atoms with Crippen molar-refractivity contribution in [3.63, 3.8) is 0 Å². The van der Waals surface area contributed by atoms with Gasteiger partial charge in [-0.15, -0.1) is 0 Å². The highest BCUT2D eigenvalue weighted by Gasteiger charge is 2.11. The van der Waals surface area contributed by atoms with Crippen LogP contribution >= 0.6 is 11.6 Å². The molecule has 0 heterocycles. The average Bonchev–Trinajstić information content (AvgIpc) is 2.27. The largest absolute Gasteiger partial charge is 0.486 e. The molecule has 0 saturated heterocycles. The molecule has 0 fully saturated rings. The molecule has 102 valence electrons. The Kier molecular flexibility index (Phi) is 6.39. The molecule has 0 amide bonds. The second-order valence-electron chi connectivity index (χ2n) is 4.57. The van der Waals surface area contributed by atoms with Gasteiger partial charge in [-0.1, -0.05) is 31.5 Å². The third-order valence-corrected chi connectivity index (χ3v) is 2.57. The summed E-state index contributed by atoms with van der Waals surface area (Å²) in [7, 11) is 0. The first-order valence-corrected chi connectivity index (χ1v) is 6.34. The fraction of sp³-hybridized carbons (Fsp3) is 0.538. The lowest BCUT2D eigenvalue weighted by Crippen LogP contribution is -2.33. The maximum absolute atomic E-state index is 13.4. The molecule has 1 rings (SSSR count). The Morgan fingerprint density at radius 1 is 1.39 bits per heavy atom. The van der Waals surface area contributed by atoms with Crippen molar-refractivity contribution < 1.29 is 14.2 Å². The molecule has 18 heavy (non-hydrogen) atoms. The summed E-state index contributed by atoms with van der Waals surface area (Å²) >= 11 is 5.80. The second kappa shape index (κ2) is 7.56. The lowest BCUT2D eigenvalue weighted by Gasteiger charge is -2.15. The number of hydrogen-bond acceptors (Lipinski definition) is 3. The van der Waals surface area contributed by atoms with Crippen LogP contribution < -0.4 is 10.1 Å². The van der Waals surface area contributed by atoms with E-state index < -0.39 is 11.9 Å². The van der Waals surface area contributed by atoms with E-state index >= 15 is 0 Å². The second-order valence-corrected chi connectivity index (χ2v) is 4.97. The van der Waals surface area contributed by atoms with Crippen molar-refractivity contribution in [1.29, 1.82) is 0 Å². The van der Waals surface area contributed by atoms with Gasteiger partial charge in [-0.3, -0.25) is 0 Å². The summed E-state index contributed by atoms with van der Waals surface area (Å²) in [6, 6.07) is 4.32. The molecule has 0 aliphatic heterocycles. The van der Waals surface area contributed by atoms with Gasteiger partial charge in [-0.2, -0.15) is 0 Å². The topological polar surface area (TPSA) is 41.5 Å². The van der Waals surface area contributed by atoms with Crippen LogP contribution in [0.1, 0.15) is 13.8 Å². The first-order valence-electron chi connectivity index (χ1n) is 5.96. The van der Waals surface area contributed by atoms with Crippen LogP contribution in [0.15, 0.2) is 18.2 Å². The van der Waals surface area contributed by atoms with Gasteiger partial charge in [0.2, 0.25) is 0 Å². The maximum Gasteiger partial charge on any atom is 0.173 e. The van der Waals surface area contributed by atoms with Crippen molar-refractivity contribution >= 4 is 11.6 Å². The van der Waals surface area contributed by atoms with Gasteiger partial charge < -0.3 is 15.2 Å². The van der Waals surface area contributed by atoms with Crippen LogP contribution in [0.4, 0.5) is 4.39 Å². The van der Waals surface area contributed by atoms with Gasteiger partial charge in [0.05, 0.1) is 5.02 Å². The molecular weight excluding hydrogens is 257 g/mol. The van der Waals surface area contributed by atoms with Crippen LogP contribution in [0.3, 0.4) is 0 Å². The zero-order chi connectivity index (χ0) is 13.5. The molecule has 1 atom stereocenters. The molecule has 0 radical (unpaired) electrons. The highest BCUT2D eigenvalue weighted by molar-refractivity contribution is 6.32. The summed E-state index contributed by atoms with van der Waals surface area (Å²) in [6.07, 6.45) is -0.695. The zero-order valence-corrected chi connectivity index (χ0v) is 11.4. The number of nitrogens with one attached hydrogen (secondary N) is 1. The van der Waals surface area contributed by atoms with E-state index in [2.05, 4.69) is 19.2 Å². The van der Waals surface area contributed by atoms with Gasteiger partial charge >= 0.3 is 0 Å². The van der Waals surface area contributed by atoms with E-state index in [0.29, 0.717) is 12.5 Å². The van der Waals surface area contributed by atoms with Crippen molar-refractivity contribution in [1.82, 2.24) is 5.32 Å². The molecular formula is C13H19ClFNO2. The number of aliphatic hydroxyl groups is 1. The molecule has 2 N–H and O–H groups in total. The normalized spacial score (nSPS) is 12.8. The first kappa shape index (κ1) is 15.2. The molecule has 0 saturated carbocycles. The van der Waals surface area contributed by atoms with Crippen LogP contribution in [0, 0.1) is 11.7 Å². The Morgan fingerprint density at radius 3 is 2.72 bits per heavy atom. The van der Waals surface area contributed by atoms with Crippen molar-refractivity contribution in [3.05, 3.63) is 29.0 Å². The van der Waals surface area contributed by atoms with Crippen molar-refractivity contribution in [2.24, 2.45) is 5.92 Å². The highest BCUT2D eigenvalue weighted by Crippen LogP contribution is 2.27. The number of aliphatic hydroxyl groups excluding tert-OH is 1. The quantitative estimate of drug-likeness (QED) is 0.803. The Morgan fingerprint density at radius 2 is 2.11 bits per heavy atom. The van der Waals surface area contributed by atoms with E-state index in [9.17, 15) is 9.50 Å². The highest BCUT2D eigenvalue weighted by atomic mass is 35.5. The minimum Gasteiger partial charge on any atom is -0.486 e. The fourth-order valence-electron chi connectivity index (χ4n) is 1.40. The molecule has 0 aliphatic carbocycles. The molecule has 3 nitrogen and oxygen atoms in total. The van der Waals surface area contributed by atoms with Crippen molar-refractivity contribution in [2.45, 2.75) is 20.0 Å². The van der Waals surface area contributed by atoms with Crippen LogP contribution in [-0.2, 0) is 0 Å². The Balaban J connectivity index is 2.36. The summed E-state index contributed by atoms with van der Waals surface area (Å²) in [4.78, 5) is 0. The number of ether oxygens (including phenoxy) is 1. The van der Waals surface area contributed by atoms with Crippen LogP contribution in [0.25, 0.3) is 0 Å². The van der Waals surface area contributed by atoms with Gasteiger partial charge in [0, 0.05) is 6.54 Å². The number of hydrogen-bond donors (Lipinski definition) is 2. The Bertz CT molecular complexity index is 354. The van der Waals surface area contributed by atoms with Gasteiger partial charge in [-0.25, -0.2) is 4.39 Å². The maximum atomic E-state index is 13.4. The van der Waals surface area contributed by atoms with Gasteiger partial charge in [-0.05, 0) is 24.6 Å². The van der Waals surface area contributed by atoms with Crippen molar-refractivity contribution in [2.75, 3.05) is 19.7 Å². The monoisotopic (exact) mass is 275 g/mol. The smallest absolute Gasteiger partial charge is 0.173 e. The van der Waals surface area contributed by atoms with Crippen LogP contribution in [0.5, 0.6) is 5.75 Å². The molecule has 0 aliphatic rings. The molecule has 5 heteroatoms. The Hall–Kier alpha value is -0.840. The summed E-state index contributed by atoms with van der Waals surface area (Å²) in [5.41, 5.74) is 0. The third-order valence-electron chi connectivity index (χ3n) is 2.27. The molecule has 0 aromatic heterocycles. The summed E-state index contributed by atoms with van der Waals surface area (Å²) in [5, 5.41) is 13.0. The van der Waals surface area contributed by atoms with E-state index in [1.165, 1.54) is 12.1 Å². The van der Waals surface area contributed by atoms with Crippen LogP contribution in [0.2, 0.25) is 5.02 Å². The molecule has 1 unspecified atom stereocenters. The third kappa shape index (κ3) is 5.21. The van der Waals surface area contributed by atoms with Gasteiger partial charge in [0.1, 0.15) is 12.7 Å². The van der Waals surface area contributed by atoms with Crippen LogP contribution in [-0.4, -0.2) is 30.9 Å². The van der Waals surface area contributed by atoms with Gasteiger partial charge in [0.15, 0.2) is 11.6 Å². The number of halogens is 2. The average molecular weight is 276 g/mol. The fourth-order valence-corrected chi connectivity index (χ4v) is 1.62. The SMILES string of the molecule is CC(C)CNCC(O)COc1c(F)cccc1Cl. The summed E-state index contributed by atoms with van der Waals surface area (Å²) in [6.45, 7) is 5.39. The summed E-state index contributed by atoms with van der Waals surface area (Å²) < 4.78 is 18.5. The lowest BCUT2D eigenvalue weighted by atomic mass is 10.2. The molecule has 1 aromatic rings. The Labute approximate surface area is 112 Å². The lowest BCUT2D eigenvalue weighted by molar-refractivity contribution is 0.103. The van der Waals surface area contributed by atoms with E-state index in [-0.39, 0.29) is 17.4 Å². The van der Waals surface area contributed by atoms with E-state index in [4.69, 9.17) is 16.3 Å². The number of benzene rings is 1. The van der Waals surface area contributed by atoms with E-state index in [1.807, 2.05) is 0 Å². The van der Waals surface area contributed by atoms with E-state index in [0.717, 1.165) is 6.54 Å². The first-order chi connectivity index (χ1) is 8.50. The minimum atomic E-state index is -0.695. The predicted octanol–water partition coefficient (Wildman–Crippen LogP) is 2.46. The molecule has 1 aromatic carbocycles. The number of rotatable bonds is 7.